The van der Waals surface area contributed by atoms with E-state index in [9.17, 15) is 0 Å². The summed E-state index contributed by atoms with van der Waals surface area (Å²) in [5, 5.41) is 1.00. The molecule has 0 spiro atoms. The Labute approximate surface area is 78.7 Å². The molecule has 0 saturated heterocycles. The number of anilines is 1. The van der Waals surface area contributed by atoms with E-state index >= 15 is 0 Å². The van der Waals surface area contributed by atoms with Crippen molar-refractivity contribution in [3.8, 4) is 0 Å². The van der Waals surface area contributed by atoms with Gasteiger partial charge in [-0.15, -0.1) is 11.8 Å². The monoisotopic (exact) mass is 232 g/mol. The van der Waals surface area contributed by atoms with Crippen molar-refractivity contribution < 1.29 is 0 Å². The minimum absolute atomic E-state index is 0.692. The Hall–Kier alpha value is -0.220. The first-order chi connectivity index (χ1) is 5.24. The van der Waals surface area contributed by atoms with Crippen LogP contribution < -0.4 is 5.73 Å². The predicted molar refractivity (Wildman–Crippen MR) is 52.7 cm³/mol. The lowest BCUT2D eigenvalue weighted by molar-refractivity contribution is 1.11. The standard InChI is InChI=1S/C7H9BrN2S/c1-2-11-7-6(8)3-5(9)4-10-7/h3-4H,2,9H2,1H3. The molecule has 1 aromatic heterocycles. The van der Waals surface area contributed by atoms with Crippen LogP contribution in [-0.2, 0) is 0 Å². The van der Waals surface area contributed by atoms with E-state index in [1.165, 1.54) is 0 Å². The molecule has 1 rings (SSSR count). The molecule has 0 aliphatic heterocycles. The number of rotatable bonds is 2. The molecule has 0 amide bonds. The fraction of sp³-hybridized carbons (Fsp3) is 0.286. The molecule has 0 bridgehead atoms. The fourth-order valence-corrected chi connectivity index (χ4v) is 1.99. The van der Waals surface area contributed by atoms with E-state index in [4.69, 9.17) is 5.73 Å². The molecule has 0 radical (unpaired) electrons. The molecular formula is C7H9BrN2S. The summed E-state index contributed by atoms with van der Waals surface area (Å²) in [6.07, 6.45) is 1.67. The van der Waals surface area contributed by atoms with Gasteiger partial charge in [-0.2, -0.15) is 0 Å². The van der Waals surface area contributed by atoms with Gasteiger partial charge in [0.2, 0.25) is 0 Å². The molecule has 2 nitrogen and oxygen atoms in total. The number of pyridine rings is 1. The number of nitrogens with zero attached hydrogens (tertiary/aromatic N) is 1. The van der Waals surface area contributed by atoms with E-state index in [1.807, 2.05) is 6.07 Å². The Kier molecular flexibility index (Phi) is 3.20. The van der Waals surface area contributed by atoms with Gasteiger partial charge in [0.15, 0.2) is 0 Å². The maximum Gasteiger partial charge on any atom is 0.110 e. The molecule has 0 unspecified atom stereocenters. The van der Waals surface area contributed by atoms with Gasteiger partial charge in [-0.3, -0.25) is 0 Å². The highest BCUT2D eigenvalue weighted by Gasteiger charge is 1.99. The van der Waals surface area contributed by atoms with Crippen LogP contribution in [0.5, 0.6) is 0 Å². The van der Waals surface area contributed by atoms with Crippen molar-refractivity contribution in [2.45, 2.75) is 11.9 Å². The van der Waals surface area contributed by atoms with Crippen molar-refractivity contribution in [1.82, 2.24) is 4.98 Å². The highest BCUT2D eigenvalue weighted by Crippen LogP contribution is 2.25. The third-order valence-corrected chi connectivity index (χ3v) is 2.86. The summed E-state index contributed by atoms with van der Waals surface area (Å²) >= 11 is 5.08. The largest absolute Gasteiger partial charge is 0.397 e. The summed E-state index contributed by atoms with van der Waals surface area (Å²) in [5.41, 5.74) is 6.21. The molecule has 0 fully saturated rings. The molecule has 0 atom stereocenters. The zero-order valence-electron chi connectivity index (χ0n) is 6.17. The molecule has 11 heavy (non-hydrogen) atoms. The van der Waals surface area contributed by atoms with Crippen molar-refractivity contribution >= 4 is 33.4 Å². The Bertz CT molecular complexity index is 252. The summed E-state index contributed by atoms with van der Waals surface area (Å²) in [7, 11) is 0. The van der Waals surface area contributed by atoms with Crippen LogP contribution in [0.3, 0.4) is 0 Å². The first kappa shape index (κ1) is 8.87. The number of halogens is 1. The molecule has 1 heterocycles. The summed E-state index contributed by atoms with van der Waals surface area (Å²) in [6, 6.07) is 1.87. The van der Waals surface area contributed by atoms with E-state index in [1.54, 1.807) is 18.0 Å². The van der Waals surface area contributed by atoms with Crippen molar-refractivity contribution in [2.24, 2.45) is 0 Å². The summed E-state index contributed by atoms with van der Waals surface area (Å²) < 4.78 is 0.976. The van der Waals surface area contributed by atoms with Crippen LogP contribution in [0.1, 0.15) is 6.92 Å². The van der Waals surface area contributed by atoms with E-state index in [2.05, 4.69) is 27.8 Å². The van der Waals surface area contributed by atoms with Crippen molar-refractivity contribution in [3.63, 3.8) is 0 Å². The molecule has 0 aliphatic carbocycles. The van der Waals surface area contributed by atoms with Crippen molar-refractivity contribution in [2.75, 3.05) is 11.5 Å². The molecule has 0 aliphatic rings. The second kappa shape index (κ2) is 3.97. The highest BCUT2D eigenvalue weighted by atomic mass is 79.9. The number of nitrogens with two attached hydrogens (primary N) is 1. The van der Waals surface area contributed by atoms with Gasteiger partial charge < -0.3 is 5.73 Å². The Balaban J connectivity index is 2.90. The summed E-state index contributed by atoms with van der Waals surface area (Å²) in [5.74, 6) is 1.02. The maximum absolute atomic E-state index is 5.52. The fourth-order valence-electron chi connectivity index (χ4n) is 0.683. The van der Waals surface area contributed by atoms with Crippen LogP contribution in [0.4, 0.5) is 5.69 Å². The average Bonchev–Trinajstić information content (AvgIpc) is 1.95. The molecule has 4 heteroatoms. The first-order valence-electron chi connectivity index (χ1n) is 3.28. The van der Waals surface area contributed by atoms with Crippen LogP contribution in [0.15, 0.2) is 21.8 Å². The van der Waals surface area contributed by atoms with Gasteiger partial charge >= 0.3 is 0 Å². The predicted octanol–water partition coefficient (Wildman–Crippen LogP) is 2.54. The number of nitrogen functional groups attached to an aromatic ring is 1. The van der Waals surface area contributed by atoms with E-state index in [0.29, 0.717) is 5.69 Å². The second-order valence-corrected chi connectivity index (χ2v) is 4.10. The van der Waals surface area contributed by atoms with E-state index < -0.39 is 0 Å². The van der Waals surface area contributed by atoms with Gasteiger partial charge in [0.25, 0.3) is 0 Å². The van der Waals surface area contributed by atoms with Gasteiger partial charge in [0.05, 0.1) is 16.4 Å². The molecule has 0 aromatic carbocycles. The van der Waals surface area contributed by atoms with E-state index in [-0.39, 0.29) is 0 Å². The number of hydrogen-bond donors (Lipinski definition) is 1. The topological polar surface area (TPSA) is 38.9 Å². The third-order valence-electron chi connectivity index (χ3n) is 1.11. The van der Waals surface area contributed by atoms with Gasteiger partial charge in [-0.25, -0.2) is 4.98 Å². The first-order valence-corrected chi connectivity index (χ1v) is 5.05. The summed E-state index contributed by atoms with van der Waals surface area (Å²) in [6.45, 7) is 2.09. The van der Waals surface area contributed by atoms with Crippen LogP contribution >= 0.6 is 27.7 Å². The van der Waals surface area contributed by atoms with Gasteiger partial charge in [0.1, 0.15) is 5.03 Å². The Morgan fingerprint density at radius 1 is 1.73 bits per heavy atom. The number of thioether (sulfide) groups is 1. The van der Waals surface area contributed by atoms with Gasteiger partial charge in [-0.05, 0) is 27.7 Å². The molecule has 1 aromatic rings. The van der Waals surface area contributed by atoms with Crippen LogP contribution in [0.25, 0.3) is 0 Å². The minimum atomic E-state index is 0.692. The van der Waals surface area contributed by atoms with Crippen LogP contribution in [-0.4, -0.2) is 10.7 Å². The van der Waals surface area contributed by atoms with Crippen LogP contribution in [0.2, 0.25) is 0 Å². The SMILES string of the molecule is CCSc1ncc(N)cc1Br. The number of hydrogen-bond acceptors (Lipinski definition) is 3. The van der Waals surface area contributed by atoms with Gasteiger partial charge in [-0.1, -0.05) is 6.92 Å². The Morgan fingerprint density at radius 3 is 3.00 bits per heavy atom. The van der Waals surface area contributed by atoms with Gasteiger partial charge in [0, 0.05) is 0 Å². The lowest BCUT2D eigenvalue weighted by Crippen LogP contribution is -1.88. The molecule has 0 saturated carbocycles. The quantitative estimate of drug-likeness (QED) is 0.798. The zero-order chi connectivity index (χ0) is 8.27. The van der Waals surface area contributed by atoms with Crippen molar-refractivity contribution in [3.05, 3.63) is 16.7 Å². The molecular weight excluding hydrogens is 224 g/mol. The lowest BCUT2D eigenvalue weighted by Gasteiger charge is -2.00. The zero-order valence-corrected chi connectivity index (χ0v) is 8.58. The highest BCUT2D eigenvalue weighted by molar-refractivity contribution is 9.10. The minimum Gasteiger partial charge on any atom is -0.397 e. The Morgan fingerprint density at radius 2 is 2.45 bits per heavy atom. The smallest absolute Gasteiger partial charge is 0.110 e. The second-order valence-electron chi connectivity index (χ2n) is 1.99. The average molecular weight is 233 g/mol. The molecule has 2 N–H and O–H groups in total. The lowest BCUT2D eigenvalue weighted by atomic mass is 10.4. The number of aromatic nitrogens is 1. The van der Waals surface area contributed by atoms with Crippen LogP contribution in [0, 0.1) is 0 Å². The van der Waals surface area contributed by atoms with Crippen molar-refractivity contribution in [1.29, 1.82) is 0 Å². The normalized spacial score (nSPS) is 10.0. The maximum atomic E-state index is 5.52. The summed E-state index contributed by atoms with van der Waals surface area (Å²) in [4.78, 5) is 4.16. The third kappa shape index (κ3) is 2.38. The molecule has 60 valence electrons. The van der Waals surface area contributed by atoms with E-state index in [0.717, 1.165) is 15.3 Å².